The molecule has 2 heterocycles. The summed E-state index contributed by atoms with van der Waals surface area (Å²) in [6.07, 6.45) is 0. The molecule has 0 aromatic heterocycles. The van der Waals surface area contributed by atoms with Gasteiger partial charge in [-0.15, -0.1) is 11.8 Å². The summed E-state index contributed by atoms with van der Waals surface area (Å²) in [5.41, 5.74) is 0.313. The molecule has 2 amide bonds. The average molecular weight is 396 g/mol. The third-order valence-electron chi connectivity index (χ3n) is 3.86. The minimum absolute atomic E-state index is 0.0205. The van der Waals surface area contributed by atoms with Crippen molar-refractivity contribution in [3.63, 3.8) is 0 Å². The smallest absolute Gasteiger partial charge is 0.353 e. The zero-order valence-corrected chi connectivity index (χ0v) is 15.1. The number of carboxylic acids is 1. The van der Waals surface area contributed by atoms with Crippen LogP contribution in [0.1, 0.15) is 5.56 Å². The lowest BCUT2D eigenvalue weighted by Crippen LogP contribution is -2.70. The van der Waals surface area contributed by atoms with Crippen LogP contribution in [-0.4, -0.2) is 57.8 Å². The second-order valence-corrected chi connectivity index (χ2v) is 6.97. The molecule has 2 aliphatic rings. The van der Waals surface area contributed by atoms with Crippen LogP contribution < -0.4 is 5.32 Å². The molecule has 0 spiro atoms. The first kappa shape index (κ1) is 18.3. The van der Waals surface area contributed by atoms with Gasteiger partial charge in [-0.05, 0) is 0 Å². The van der Waals surface area contributed by atoms with Gasteiger partial charge in [-0.1, -0.05) is 47.1 Å². The fourth-order valence-electron chi connectivity index (χ4n) is 2.70. The number of carbonyl (C=O) groups is 3. The highest BCUT2D eigenvalue weighted by Gasteiger charge is 2.54. The summed E-state index contributed by atoms with van der Waals surface area (Å²) in [5.74, 6) is -2.14. The van der Waals surface area contributed by atoms with Crippen molar-refractivity contribution in [2.24, 2.45) is 5.16 Å². The molecule has 1 saturated heterocycles. The number of β-lactam (4-membered cyclic amide) rings is 1. The van der Waals surface area contributed by atoms with E-state index in [0.29, 0.717) is 5.56 Å². The number of carbonyl (C=O) groups excluding carboxylic acids is 2. The SMILES string of the molecule is CON=C(C(=O)N[C@@H]1C(=O)N2C(C(=O)O)=C(Cl)CS[C@H]12)c1ccccc1. The Balaban J connectivity index is 1.78. The molecule has 136 valence electrons. The van der Waals surface area contributed by atoms with Crippen LogP contribution in [0.15, 0.2) is 46.2 Å². The largest absolute Gasteiger partial charge is 0.477 e. The van der Waals surface area contributed by atoms with Crippen LogP contribution in [-0.2, 0) is 19.2 Å². The molecule has 0 aliphatic carbocycles. The molecule has 2 N–H and O–H groups in total. The zero-order chi connectivity index (χ0) is 18.8. The van der Waals surface area contributed by atoms with Crippen LogP contribution in [0.4, 0.5) is 0 Å². The first-order valence-electron chi connectivity index (χ1n) is 7.49. The fourth-order valence-corrected chi connectivity index (χ4v) is 4.25. The summed E-state index contributed by atoms with van der Waals surface area (Å²) in [7, 11) is 1.31. The predicted octanol–water partition coefficient (Wildman–Crippen LogP) is 0.972. The molecule has 0 radical (unpaired) electrons. The number of fused-ring (bicyclic) bond motifs is 1. The van der Waals surface area contributed by atoms with Gasteiger partial charge in [0.1, 0.15) is 24.2 Å². The topological polar surface area (TPSA) is 108 Å². The van der Waals surface area contributed by atoms with Gasteiger partial charge in [0.05, 0.1) is 5.03 Å². The Morgan fingerprint density at radius 3 is 2.69 bits per heavy atom. The van der Waals surface area contributed by atoms with Crippen molar-refractivity contribution in [3.8, 4) is 0 Å². The quantitative estimate of drug-likeness (QED) is 0.437. The number of carboxylic acid groups (broad SMARTS) is 1. The van der Waals surface area contributed by atoms with E-state index in [0.717, 1.165) is 4.90 Å². The summed E-state index contributed by atoms with van der Waals surface area (Å²) in [6.45, 7) is 0. The molecule has 26 heavy (non-hydrogen) atoms. The second-order valence-electron chi connectivity index (χ2n) is 5.41. The summed E-state index contributed by atoms with van der Waals surface area (Å²) in [4.78, 5) is 42.1. The van der Waals surface area contributed by atoms with Gasteiger partial charge in [0.15, 0.2) is 5.71 Å². The Kier molecular flexibility index (Phi) is 5.19. The van der Waals surface area contributed by atoms with Crippen LogP contribution in [0.5, 0.6) is 0 Å². The van der Waals surface area contributed by atoms with Gasteiger partial charge >= 0.3 is 5.97 Å². The van der Waals surface area contributed by atoms with Gasteiger partial charge in [-0.2, -0.15) is 0 Å². The normalized spacial score (nSPS) is 22.5. The maximum atomic E-state index is 12.6. The van der Waals surface area contributed by atoms with Gasteiger partial charge in [-0.25, -0.2) is 4.79 Å². The number of amides is 2. The monoisotopic (exact) mass is 395 g/mol. The van der Waals surface area contributed by atoms with E-state index in [1.54, 1.807) is 30.3 Å². The Morgan fingerprint density at radius 2 is 2.08 bits per heavy atom. The van der Waals surface area contributed by atoms with Crippen molar-refractivity contribution in [2.45, 2.75) is 11.4 Å². The highest BCUT2D eigenvalue weighted by atomic mass is 35.5. The molecule has 10 heteroatoms. The molecule has 0 unspecified atom stereocenters. The molecule has 0 saturated carbocycles. The lowest BCUT2D eigenvalue weighted by atomic mass is 10.0. The van der Waals surface area contributed by atoms with Gasteiger partial charge in [0.25, 0.3) is 11.8 Å². The third-order valence-corrected chi connectivity index (χ3v) is 5.61. The van der Waals surface area contributed by atoms with Crippen molar-refractivity contribution in [3.05, 3.63) is 46.6 Å². The van der Waals surface area contributed by atoms with Crippen LogP contribution in [0, 0.1) is 0 Å². The summed E-state index contributed by atoms with van der Waals surface area (Å²) in [5, 5.41) is 15.2. The first-order valence-corrected chi connectivity index (χ1v) is 8.92. The zero-order valence-electron chi connectivity index (χ0n) is 13.5. The Labute approximate surface area is 157 Å². The molecule has 3 rings (SSSR count). The van der Waals surface area contributed by atoms with E-state index in [1.807, 2.05) is 0 Å². The highest BCUT2D eigenvalue weighted by Crippen LogP contribution is 2.41. The number of hydrogen-bond donors (Lipinski definition) is 2. The average Bonchev–Trinajstić information content (AvgIpc) is 2.64. The van der Waals surface area contributed by atoms with E-state index >= 15 is 0 Å². The minimum atomic E-state index is -1.27. The number of hydrogen-bond acceptors (Lipinski definition) is 6. The standard InChI is InChI=1S/C16H14ClN3O5S/c1-25-19-10(8-5-3-2-4-6-8)13(21)18-11-14(22)20-12(16(23)24)9(17)7-26-15(11)20/h2-6,11,15H,7H2,1H3,(H,18,21)(H,23,24)/t11-,15-/m1/s1. The van der Waals surface area contributed by atoms with Gasteiger partial charge < -0.3 is 15.3 Å². The van der Waals surface area contributed by atoms with E-state index in [-0.39, 0.29) is 22.2 Å². The third kappa shape index (κ3) is 3.15. The Morgan fingerprint density at radius 1 is 1.38 bits per heavy atom. The Hall–Kier alpha value is -2.52. The minimum Gasteiger partial charge on any atom is -0.477 e. The maximum absolute atomic E-state index is 12.6. The maximum Gasteiger partial charge on any atom is 0.353 e. The van der Waals surface area contributed by atoms with Crippen LogP contribution in [0.3, 0.4) is 0 Å². The molecule has 1 fully saturated rings. The molecule has 1 aromatic rings. The van der Waals surface area contributed by atoms with Crippen molar-refractivity contribution in [2.75, 3.05) is 12.9 Å². The van der Waals surface area contributed by atoms with E-state index in [9.17, 15) is 19.5 Å². The lowest BCUT2D eigenvalue weighted by Gasteiger charge is -2.48. The number of rotatable bonds is 5. The number of thioether (sulfide) groups is 1. The molecule has 2 atom stereocenters. The van der Waals surface area contributed by atoms with E-state index < -0.39 is 29.2 Å². The second kappa shape index (κ2) is 7.38. The number of aliphatic carboxylic acids is 1. The summed E-state index contributed by atoms with van der Waals surface area (Å²) < 4.78 is 0. The summed E-state index contributed by atoms with van der Waals surface area (Å²) in [6, 6.07) is 7.79. The van der Waals surface area contributed by atoms with Crippen molar-refractivity contribution in [1.29, 1.82) is 0 Å². The molecule has 8 nitrogen and oxygen atoms in total. The van der Waals surface area contributed by atoms with Gasteiger partial charge in [0.2, 0.25) is 0 Å². The number of nitrogens with one attached hydrogen (secondary N) is 1. The van der Waals surface area contributed by atoms with E-state index in [4.69, 9.17) is 16.4 Å². The van der Waals surface area contributed by atoms with E-state index in [1.165, 1.54) is 18.9 Å². The van der Waals surface area contributed by atoms with Crippen LogP contribution >= 0.6 is 23.4 Å². The van der Waals surface area contributed by atoms with E-state index in [2.05, 4.69) is 10.5 Å². The molecule has 1 aromatic carbocycles. The van der Waals surface area contributed by atoms with Crippen LogP contribution in [0.2, 0.25) is 0 Å². The molecule has 0 bridgehead atoms. The predicted molar refractivity (Wildman–Crippen MR) is 95.5 cm³/mol. The number of oxime groups is 1. The molecule has 2 aliphatic heterocycles. The first-order chi connectivity index (χ1) is 12.5. The number of halogens is 1. The highest BCUT2D eigenvalue weighted by molar-refractivity contribution is 8.00. The lowest BCUT2D eigenvalue weighted by molar-refractivity contribution is -0.150. The number of nitrogens with zero attached hydrogens (tertiary/aromatic N) is 2. The van der Waals surface area contributed by atoms with Crippen LogP contribution in [0.25, 0.3) is 0 Å². The summed E-state index contributed by atoms with van der Waals surface area (Å²) >= 11 is 7.21. The van der Waals surface area contributed by atoms with Crippen molar-refractivity contribution < 1.29 is 24.3 Å². The number of benzene rings is 1. The molecular formula is C16H14ClN3O5S. The van der Waals surface area contributed by atoms with Crippen molar-refractivity contribution >= 4 is 46.9 Å². The molecular weight excluding hydrogens is 382 g/mol. The Bertz CT molecular complexity index is 826. The fraction of sp³-hybridized carbons (Fsp3) is 0.250. The van der Waals surface area contributed by atoms with Gasteiger partial charge in [0, 0.05) is 11.3 Å². The van der Waals surface area contributed by atoms with Gasteiger partial charge in [-0.3, -0.25) is 14.5 Å². The van der Waals surface area contributed by atoms with Crippen molar-refractivity contribution in [1.82, 2.24) is 10.2 Å².